The number of hydrogen-bond acceptors (Lipinski definition) is 3. The molecule has 33 heavy (non-hydrogen) atoms. The van der Waals surface area contributed by atoms with Gasteiger partial charge in [0.2, 0.25) is 0 Å². The average Bonchev–Trinajstić information content (AvgIpc) is 3.49. The number of amides is 1. The third kappa shape index (κ3) is 4.76. The normalized spacial score (nSPS) is 15.3. The van der Waals surface area contributed by atoms with Crippen LogP contribution in [0.3, 0.4) is 0 Å². The first-order valence-corrected chi connectivity index (χ1v) is 11.9. The number of nitrogens with zero attached hydrogens (tertiary/aromatic N) is 1. The summed E-state index contributed by atoms with van der Waals surface area (Å²) in [5.41, 5.74) is 4.27. The van der Waals surface area contributed by atoms with Gasteiger partial charge in [0.15, 0.2) is 0 Å². The quantitative estimate of drug-likeness (QED) is 0.339. The van der Waals surface area contributed by atoms with Crippen LogP contribution in [0, 0.1) is 0 Å². The molecule has 1 amide bonds. The summed E-state index contributed by atoms with van der Waals surface area (Å²) in [6.07, 6.45) is 9.43. The summed E-state index contributed by atoms with van der Waals surface area (Å²) in [5.74, 6) is 0.978. The van der Waals surface area contributed by atoms with Gasteiger partial charge in [0.25, 0.3) is 5.91 Å². The fourth-order valence-electron chi connectivity index (χ4n) is 5.00. The molecule has 5 rings (SSSR count). The van der Waals surface area contributed by atoms with Crippen LogP contribution in [0.15, 0.2) is 54.9 Å². The zero-order valence-corrected chi connectivity index (χ0v) is 19.2. The second-order valence-electron chi connectivity index (χ2n) is 9.02. The van der Waals surface area contributed by atoms with Crippen LogP contribution in [0.1, 0.15) is 41.6 Å². The Balaban J connectivity index is 1.05. The molecular weight excluding hydrogens is 412 g/mol. The van der Waals surface area contributed by atoms with Gasteiger partial charge in [0, 0.05) is 58.9 Å². The third-order valence-corrected chi connectivity index (χ3v) is 6.88. The Morgan fingerprint density at radius 2 is 1.97 bits per heavy atom. The number of hydrogen-bond donors (Lipinski definition) is 3. The number of rotatable bonds is 8. The number of piperidine rings is 1. The van der Waals surface area contributed by atoms with Crippen LogP contribution < -0.4 is 10.1 Å². The maximum Gasteiger partial charge on any atom is 0.251 e. The number of aromatic nitrogens is 2. The number of likely N-dealkylation sites (tertiary alicyclic amines) is 1. The van der Waals surface area contributed by atoms with Gasteiger partial charge in [0.05, 0.1) is 7.11 Å². The molecule has 0 aliphatic carbocycles. The molecule has 172 valence electrons. The fourth-order valence-corrected chi connectivity index (χ4v) is 5.00. The van der Waals surface area contributed by atoms with Gasteiger partial charge in [-0.2, -0.15) is 0 Å². The van der Waals surface area contributed by atoms with Gasteiger partial charge in [-0.3, -0.25) is 4.79 Å². The van der Waals surface area contributed by atoms with E-state index in [0.29, 0.717) is 0 Å². The van der Waals surface area contributed by atoms with Crippen LogP contribution in [0.2, 0.25) is 0 Å². The van der Waals surface area contributed by atoms with E-state index in [0.717, 1.165) is 73.1 Å². The van der Waals surface area contributed by atoms with E-state index in [9.17, 15) is 4.79 Å². The van der Waals surface area contributed by atoms with Crippen LogP contribution in [0.5, 0.6) is 5.75 Å². The van der Waals surface area contributed by atoms with E-state index in [1.165, 1.54) is 17.4 Å². The summed E-state index contributed by atoms with van der Waals surface area (Å²) in [4.78, 5) is 21.7. The molecule has 0 saturated carbocycles. The van der Waals surface area contributed by atoms with Crippen molar-refractivity contribution < 1.29 is 9.53 Å². The highest BCUT2D eigenvalue weighted by molar-refractivity contribution is 5.98. The van der Waals surface area contributed by atoms with Gasteiger partial charge in [-0.1, -0.05) is 6.07 Å². The molecule has 1 aliphatic heterocycles. The molecule has 0 atom stereocenters. The Morgan fingerprint density at radius 3 is 2.82 bits per heavy atom. The summed E-state index contributed by atoms with van der Waals surface area (Å²) in [7, 11) is 1.73. The number of unbranched alkanes of at least 4 members (excludes halogenated alkanes) is 1. The molecule has 0 radical (unpaired) electrons. The average molecular weight is 445 g/mol. The second kappa shape index (κ2) is 9.71. The molecule has 2 aromatic carbocycles. The first-order chi connectivity index (χ1) is 16.2. The number of benzene rings is 2. The lowest BCUT2D eigenvalue weighted by molar-refractivity contribution is 0.0911. The van der Waals surface area contributed by atoms with Crippen LogP contribution in [0.4, 0.5) is 0 Å². The molecule has 1 aliphatic rings. The van der Waals surface area contributed by atoms with Gasteiger partial charge in [-0.25, -0.2) is 0 Å². The molecule has 3 heterocycles. The Kier molecular flexibility index (Phi) is 6.35. The van der Waals surface area contributed by atoms with E-state index in [2.05, 4.69) is 32.4 Å². The second-order valence-corrected chi connectivity index (χ2v) is 9.02. The Bertz CT molecular complexity index is 1230. The molecule has 0 spiro atoms. The lowest BCUT2D eigenvalue weighted by atomic mass is 10.0. The number of ether oxygens (including phenoxy) is 1. The number of carbonyl (C=O) groups is 1. The minimum atomic E-state index is 0.0331. The summed E-state index contributed by atoms with van der Waals surface area (Å²) in [6.45, 7) is 3.20. The van der Waals surface area contributed by atoms with Gasteiger partial charge in [-0.15, -0.1) is 0 Å². The van der Waals surface area contributed by atoms with Crippen molar-refractivity contribution in [1.82, 2.24) is 20.2 Å². The molecule has 6 heteroatoms. The highest BCUT2D eigenvalue weighted by Crippen LogP contribution is 2.29. The zero-order valence-electron chi connectivity index (χ0n) is 19.2. The van der Waals surface area contributed by atoms with Crippen molar-refractivity contribution in [1.29, 1.82) is 0 Å². The molecule has 4 aromatic rings. The van der Waals surface area contributed by atoms with Crippen molar-refractivity contribution in [3.05, 3.63) is 66.0 Å². The van der Waals surface area contributed by atoms with Gasteiger partial charge >= 0.3 is 0 Å². The fraction of sp³-hybridized carbons (Fsp3) is 0.370. The highest BCUT2D eigenvalue weighted by atomic mass is 16.5. The predicted octanol–water partition coefficient (Wildman–Crippen LogP) is 4.87. The standard InChI is InChI=1S/C27H32N4O2/c1-33-25-7-4-6-24-26(25)21(18-29-24)5-2-3-14-31-15-11-22(12-16-31)30-27(32)20-8-9-23-19(17-20)10-13-28-23/h4,6-10,13,17-18,22,28-29H,2-3,5,11-12,14-16H2,1H3,(H,30,32). The highest BCUT2D eigenvalue weighted by Gasteiger charge is 2.21. The molecule has 2 aromatic heterocycles. The maximum absolute atomic E-state index is 12.7. The molecular formula is C27H32N4O2. The smallest absolute Gasteiger partial charge is 0.251 e. The molecule has 1 fully saturated rings. The monoisotopic (exact) mass is 444 g/mol. The number of aryl methyl sites for hydroxylation is 1. The first-order valence-electron chi connectivity index (χ1n) is 11.9. The van der Waals surface area contributed by atoms with Gasteiger partial charge in [-0.05, 0) is 80.6 Å². The molecule has 6 nitrogen and oxygen atoms in total. The predicted molar refractivity (Wildman–Crippen MR) is 133 cm³/mol. The van der Waals surface area contributed by atoms with Crippen molar-refractivity contribution in [3.63, 3.8) is 0 Å². The Hall–Kier alpha value is -3.25. The largest absolute Gasteiger partial charge is 0.496 e. The molecule has 1 saturated heterocycles. The topological polar surface area (TPSA) is 73.2 Å². The van der Waals surface area contributed by atoms with Crippen molar-refractivity contribution in [2.24, 2.45) is 0 Å². The van der Waals surface area contributed by atoms with Crippen LogP contribution in [0.25, 0.3) is 21.8 Å². The summed E-state index contributed by atoms with van der Waals surface area (Å²) in [6, 6.07) is 14.2. The molecule has 0 unspecified atom stereocenters. The van der Waals surface area contributed by atoms with E-state index in [1.54, 1.807) is 7.11 Å². The molecule has 3 N–H and O–H groups in total. The van der Waals surface area contributed by atoms with Crippen LogP contribution in [-0.4, -0.2) is 53.6 Å². The van der Waals surface area contributed by atoms with Gasteiger partial charge < -0.3 is 24.9 Å². The first kappa shape index (κ1) is 21.6. The maximum atomic E-state index is 12.7. The van der Waals surface area contributed by atoms with Crippen LogP contribution >= 0.6 is 0 Å². The van der Waals surface area contributed by atoms with Crippen molar-refractivity contribution in [2.45, 2.75) is 38.1 Å². The van der Waals surface area contributed by atoms with E-state index >= 15 is 0 Å². The number of carbonyl (C=O) groups excluding carboxylic acids is 1. The summed E-state index contributed by atoms with van der Waals surface area (Å²) < 4.78 is 5.55. The SMILES string of the molecule is COc1cccc2[nH]cc(CCCCN3CCC(NC(=O)c4ccc5[nH]ccc5c4)CC3)c12. The van der Waals surface area contributed by atoms with Crippen molar-refractivity contribution in [2.75, 3.05) is 26.7 Å². The summed E-state index contributed by atoms with van der Waals surface area (Å²) in [5, 5.41) is 5.52. The zero-order chi connectivity index (χ0) is 22.6. The minimum absolute atomic E-state index is 0.0331. The number of H-pyrrole nitrogens is 2. The Labute approximate surface area is 194 Å². The number of methoxy groups -OCH3 is 1. The van der Waals surface area contributed by atoms with E-state index in [-0.39, 0.29) is 11.9 Å². The van der Waals surface area contributed by atoms with E-state index < -0.39 is 0 Å². The van der Waals surface area contributed by atoms with E-state index in [4.69, 9.17) is 4.74 Å². The minimum Gasteiger partial charge on any atom is -0.496 e. The number of nitrogens with one attached hydrogen (secondary N) is 3. The molecule has 0 bridgehead atoms. The lowest BCUT2D eigenvalue weighted by Gasteiger charge is -2.32. The Morgan fingerprint density at radius 1 is 1.09 bits per heavy atom. The summed E-state index contributed by atoms with van der Waals surface area (Å²) >= 11 is 0. The van der Waals surface area contributed by atoms with E-state index in [1.807, 2.05) is 42.6 Å². The van der Waals surface area contributed by atoms with Crippen molar-refractivity contribution in [3.8, 4) is 5.75 Å². The number of fused-ring (bicyclic) bond motifs is 2. The van der Waals surface area contributed by atoms with Crippen molar-refractivity contribution >= 4 is 27.7 Å². The van der Waals surface area contributed by atoms with Gasteiger partial charge in [0.1, 0.15) is 5.75 Å². The van der Waals surface area contributed by atoms with Crippen LogP contribution in [-0.2, 0) is 6.42 Å². The lowest BCUT2D eigenvalue weighted by Crippen LogP contribution is -2.44. The number of aromatic amines is 2. The third-order valence-electron chi connectivity index (χ3n) is 6.88.